The van der Waals surface area contributed by atoms with Crippen LogP contribution in [0.3, 0.4) is 0 Å². The lowest BCUT2D eigenvalue weighted by Gasteiger charge is -2.20. The van der Waals surface area contributed by atoms with Crippen molar-refractivity contribution < 1.29 is 13.2 Å². The van der Waals surface area contributed by atoms with Crippen LogP contribution in [0.15, 0.2) is 29.2 Å². The van der Waals surface area contributed by atoms with Gasteiger partial charge in [0.25, 0.3) is 5.91 Å². The lowest BCUT2D eigenvalue weighted by molar-refractivity contribution is 0.0776. The number of amides is 1. The molecule has 0 bridgehead atoms. The van der Waals surface area contributed by atoms with E-state index in [-0.39, 0.29) is 34.8 Å². The fourth-order valence-corrected chi connectivity index (χ4v) is 4.49. The molecule has 2 aliphatic rings. The Morgan fingerprint density at radius 3 is 2.55 bits per heavy atom. The van der Waals surface area contributed by atoms with Gasteiger partial charge in [0.15, 0.2) is 9.84 Å². The summed E-state index contributed by atoms with van der Waals surface area (Å²) in [6.45, 7) is 1.33. The van der Waals surface area contributed by atoms with E-state index >= 15 is 0 Å². The number of hydrogen-bond donors (Lipinski definition) is 1. The van der Waals surface area contributed by atoms with Crippen molar-refractivity contribution >= 4 is 28.2 Å². The summed E-state index contributed by atoms with van der Waals surface area (Å²) in [5, 5.41) is 0. The highest BCUT2D eigenvalue weighted by Crippen LogP contribution is 2.37. The molecule has 0 spiro atoms. The van der Waals surface area contributed by atoms with E-state index in [2.05, 4.69) is 0 Å². The second kappa shape index (κ2) is 6.18. The summed E-state index contributed by atoms with van der Waals surface area (Å²) >= 11 is 0. The molecule has 1 aromatic carbocycles. The number of nitrogens with two attached hydrogens (primary N) is 1. The number of carbonyl (C=O) groups is 1. The first-order valence-electron chi connectivity index (χ1n) is 7.22. The zero-order valence-electron chi connectivity index (χ0n) is 12.4. The monoisotopic (exact) mass is 344 g/mol. The number of rotatable bonds is 2. The topological polar surface area (TPSA) is 80.5 Å². The molecule has 5 nitrogen and oxygen atoms in total. The van der Waals surface area contributed by atoms with Crippen LogP contribution in [0.1, 0.15) is 23.2 Å². The van der Waals surface area contributed by atoms with Crippen LogP contribution in [0, 0.1) is 11.8 Å². The summed E-state index contributed by atoms with van der Waals surface area (Å²) in [5.74, 6) is 0.631. The van der Waals surface area contributed by atoms with Crippen molar-refractivity contribution in [3.05, 3.63) is 29.8 Å². The minimum absolute atomic E-state index is 0. The quantitative estimate of drug-likeness (QED) is 0.877. The summed E-state index contributed by atoms with van der Waals surface area (Å²) in [7, 11) is -3.41. The van der Waals surface area contributed by atoms with Gasteiger partial charge in [0.05, 0.1) is 10.5 Å². The molecule has 122 valence electrons. The maximum Gasteiger partial charge on any atom is 0.255 e. The molecule has 1 heterocycles. The Bertz CT molecular complexity index is 677. The first-order valence-corrected chi connectivity index (χ1v) is 9.11. The minimum atomic E-state index is -3.41. The first kappa shape index (κ1) is 17.2. The van der Waals surface area contributed by atoms with Crippen molar-refractivity contribution in [3.63, 3.8) is 0 Å². The summed E-state index contributed by atoms with van der Waals surface area (Å²) in [6.07, 6.45) is 3.22. The highest BCUT2D eigenvalue weighted by atomic mass is 35.5. The molecule has 3 rings (SSSR count). The van der Waals surface area contributed by atoms with Crippen LogP contribution >= 0.6 is 12.4 Å². The summed E-state index contributed by atoms with van der Waals surface area (Å²) in [6, 6.07) is 6.59. The van der Waals surface area contributed by atoms with Gasteiger partial charge in [-0.05, 0) is 36.8 Å². The lowest BCUT2D eigenvalue weighted by atomic mass is 9.98. The largest absolute Gasteiger partial charge is 0.338 e. The van der Waals surface area contributed by atoms with Crippen LogP contribution < -0.4 is 5.73 Å². The molecule has 2 N–H and O–H groups in total. The van der Waals surface area contributed by atoms with Crippen molar-refractivity contribution in [2.75, 3.05) is 19.3 Å². The van der Waals surface area contributed by atoms with Gasteiger partial charge in [-0.3, -0.25) is 4.79 Å². The number of benzene rings is 1. The second-order valence-corrected chi connectivity index (χ2v) is 8.13. The molecule has 22 heavy (non-hydrogen) atoms. The van der Waals surface area contributed by atoms with E-state index in [1.165, 1.54) is 6.07 Å². The fraction of sp³-hybridized carbons (Fsp3) is 0.533. The lowest BCUT2D eigenvalue weighted by Crippen LogP contribution is -2.34. The van der Waals surface area contributed by atoms with Gasteiger partial charge >= 0.3 is 0 Å². The van der Waals surface area contributed by atoms with Gasteiger partial charge in [0.2, 0.25) is 0 Å². The maximum absolute atomic E-state index is 12.7. The van der Waals surface area contributed by atoms with Gasteiger partial charge in [-0.15, -0.1) is 12.4 Å². The van der Waals surface area contributed by atoms with Gasteiger partial charge in [0, 0.05) is 25.4 Å². The SMILES string of the molecule is CS(=O)(=O)c1ccccc1C(=O)N1CC2CCC(N)C2C1.Cl. The highest BCUT2D eigenvalue weighted by molar-refractivity contribution is 7.90. The molecular weight excluding hydrogens is 324 g/mol. The second-order valence-electron chi connectivity index (χ2n) is 6.14. The van der Waals surface area contributed by atoms with Gasteiger partial charge in [-0.2, -0.15) is 0 Å². The van der Waals surface area contributed by atoms with Gasteiger partial charge in [-0.25, -0.2) is 8.42 Å². The van der Waals surface area contributed by atoms with E-state index in [1.807, 2.05) is 0 Å². The van der Waals surface area contributed by atoms with Crippen LogP contribution in [-0.4, -0.2) is 44.6 Å². The number of carbonyl (C=O) groups excluding carboxylic acids is 1. The Labute approximate surface area is 137 Å². The van der Waals surface area contributed by atoms with Crippen LogP contribution in [-0.2, 0) is 9.84 Å². The zero-order chi connectivity index (χ0) is 15.2. The van der Waals surface area contributed by atoms with Crippen molar-refractivity contribution in [3.8, 4) is 0 Å². The molecule has 1 amide bonds. The number of nitrogens with zero attached hydrogens (tertiary/aromatic N) is 1. The first-order chi connectivity index (χ1) is 9.88. The van der Waals surface area contributed by atoms with E-state index < -0.39 is 9.84 Å². The standard InChI is InChI=1S/C15H20N2O3S.ClH/c1-21(19,20)14-5-3-2-4-11(14)15(18)17-8-10-6-7-13(16)12(10)9-17;/h2-5,10,12-13H,6-9,16H2,1H3;1H. The average Bonchev–Trinajstić information content (AvgIpc) is 3.00. The summed E-state index contributed by atoms with van der Waals surface area (Å²) in [4.78, 5) is 14.5. The number of hydrogen-bond acceptors (Lipinski definition) is 4. The molecule has 7 heteroatoms. The third-order valence-corrected chi connectivity index (χ3v) is 5.87. The smallest absolute Gasteiger partial charge is 0.255 e. The van der Waals surface area contributed by atoms with Crippen molar-refractivity contribution in [1.29, 1.82) is 0 Å². The third-order valence-electron chi connectivity index (χ3n) is 4.72. The van der Waals surface area contributed by atoms with Crippen molar-refractivity contribution in [1.82, 2.24) is 4.90 Å². The van der Waals surface area contributed by atoms with Crippen LogP contribution in [0.25, 0.3) is 0 Å². The number of sulfone groups is 1. The third kappa shape index (κ3) is 3.00. The predicted octanol–water partition coefficient (Wildman–Crippen LogP) is 1.32. The summed E-state index contributed by atoms with van der Waals surface area (Å²) < 4.78 is 23.7. The highest BCUT2D eigenvalue weighted by Gasteiger charge is 2.43. The molecule has 0 aromatic heterocycles. The minimum Gasteiger partial charge on any atom is -0.338 e. The number of fused-ring (bicyclic) bond motifs is 1. The van der Waals surface area contributed by atoms with E-state index in [9.17, 15) is 13.2 Å². The molecular formula is C15H21ClN2O3S. The molecule has 1 aliphatic carbocycles. The molecule has 1 aromatic rings. The zero-order valence-corrected chi connectivity index (χ0v) is 14.1. The van der Waals surface area contributed by atoms with Gasteiger partial charge < -0.3 is 10.6 Å². The van der Waals surface area contributed by atoms with Crippen LogP contribution in [0.5, 0.6) is 0 Å². The Hall–Kier alpha value is -1.11. The maximum atomic E-state index is 12.7. The fourth-order valence-electron chi connectivity index (χ4n) is 3.61. The van der Waals surface area contributed by atoms with Gasteiger partial charge in [-0.1, -0.05) is 12.1 Å². The van der Waals surface area contributed by atoms with Crippen molar-refractivity contribution in [2.24, 2.45) is 17.6 Å². The van der Waals surface area contributed by atoms with Crippen molar-refractivity contribution in [2.45, 2.75) is 23.8 Å². The number of halogens is 1. The normalized spacial score (nSPS) is 27.4. The van der Waals surface area contributed by atoms with E-state index in [4.69, 9.17) is 5.73 Å². The van der Waals surface area contributed by atoms with Crippen LogP contribution in [0.4, 0.5) is 0 Å². The van der Waals surface area contributed by atoms with Crippen LogP contribution in [0.2, 0.25) is 0 Å². The summed E-state index contributed by atoms with van der Waals surface area (Å²) in [5.41, 5.74) is 6.36. The molecule has 0 radical (unpaired) electrons. The Kier molecular flexibility index (Phi) is 4.84. The molecule has 2 fully saturated rings. The molecule has 1 saturated heterocycles. The molecule has 1 saturated carbocycles. The Balaban J connectivity index is 0.00000176. The van der Waals surface area contributed by atoms with E-state index in [1.54, 1.807) is 23.1 Å². The molecule has 3 atom stereocenters. The molecule has 3 unspecified atom stereocenters. The van der Waals surface area contributed by atoms with E-state index in [0.717, 1.165) is 19.1 Å². The number of likely N-dealkylation sites (tertiary alicyclic amines) is 1. The average molecular weight is 345 g/mol. The predicted molar refractivity (Wildman–Crippen MR) is 86.9 cm³/mol. The van der Waals surface area contributed by atoms with Gasteiger partial charge in [0.1, 0.15) is 0 Å². The Morgan fingerprint density at radius 2 is 1.91 bits per heavy atom. The van der Waals surface area contributed by atoms with E-state index in [0.29, 0.717) is 24.9 Å². The molecule has 1 aliphatic heterocycles. The Morgan fingerprint density at radius 1 is 1.23 bits per heavy atom.